The van der Waals surface area contributed by atoms with Crippen LogP contribution < -0.4 is 0 Å². The van der Waals surface area contributed by atoms with E-state index in [9.17, 15) is 14.4 Å². The molecule has 3 unspecified atom stereocenters. The number of hydrogen-bond donors (Lipinski definition) is 0. The first kappa shape index (κ1) is 30.8. The number of hydrogen-bond acceptors (Lipinski definition) is 6. The molecule has 0 saturated heterocycles. The van der Waals surface area contributed by atoms with Crippen LogP contribution in [-0.2, 0) is 22.9 Å². The number of carbonyl (C=O) groups excluding carboxylic acids is 3. The zero-order valence-electron chi connectivity index (χ0n) is 24.4. The van der Waals surface area contributed by atoms with Gasteiger partial charge in [-0.05, 0) is 0 Å². The summed E-state index contributed by atoms with van der Waals surface area (Å²) in [5.74, 6) is -0.429. The first-order valence-corrected chi connectivity index (χ1v) is 18.9. The minimum absolute atomic E-state index is 0.0781. The Kier molecular flexibility index (Phi) is 10.9. The summed E-state index contributed by atoms with van der Waals surface area (Å²) in [6.07, 6.45) is 14.1. The molecular formula is C30H51InO6. The summed E-state index contributed by atoms with van der Waals surface area (Å²) in [5.41, 5.74) is 0.234. The Morgan fingerprint density at radius 1 is 0.541 bits per heavy atom. The topological polar surface area (TPSA) is 78.9 Å². The third-order valence-electron chi connectivity index (χ3n) is 10.1. The van der Waals surface area contributed by atoms with Crippen LogP contribution in [0.1, 0.15) is 138 Å². The van der Waals surface area contributed by atoms with Gasteiger partial charge in [-0.3, -0.25) is 0 Å². The number of carbonyl (C=O) groups is 3. The van der Waals surface area contributed by atoms with Crippen molar-refractivity contribution in [2.45, 2.75) is 138 Å². The molecule has 3 rings (SSSR count). The van der Waals surface area contributed by atoms with E-state index in [2.05, 4.69) is 41.5 Å². The molecule has 37 heavy (non-hydrogen) atoms. The molecule has 0 radical (unpaired) electrons. The zero-order chi connectivity index (χ0) is 27.3. The summed E-state index contributed by atoms with van der Waals surface area (Å²) in [4.78, 5) is 39.0. The molecule has 3 aliphatic rings. The van der Waals surface area contributed by atoms with Gasteiger partial charge in [0, 0.05) is 0 Å². The van der Waals surface area contributed by atoms with Crippen LogP contribution >= 0.6 is 0 Å². The first-order chi connectivity index (χ1) is 17.3. The predicted molar refractivity (Wildman–Crippen MR) is 145 cm³/mol. The molecule has 6 nitrogen and oxygen atoms in total. The van der Waals surface area contributed by atoms with Gasteiger partial charge in [-0.2, -0.15) is 0 Å². The quantitative estimate of drug-likeness (QED) is 0.266. The van der Waals surface area contributed by atoms with Gasteiger partial charge in [-0.1, -0.05) is 0 Å². The van der Waals surface area contributed by atoms with Gasteiger partial charge in [0.1, 0.15) is 0 Å². The molecule has 0 aromatic rings. The molecule has 0 amide bonds. The van der Waals surface area contributed by atoms with Crippen molar-refractivity contribution >= 4 is 40.7 Å². The Labute approximate surface area is 234 Å². The maximum atomic E-state index is 13.0. The number of rotatable bonds is 9. The molecule has 0 aromatic heterocycles. The van der Waals surface area contributed by atoms with Crippen LogP contribution in [0.3, 0.4) is 0 Å². The van der Waals surface area contributed by atoms with Gasteiger partial charge in [-0.25, -0.2) is 0 Å². The zero-order valence-corrected chi connectivity index (χ0v) is 27.7. The second-order valence-electron chi connectivity index (χ2n) is 14.2. The molecule has 3 fully saturated rings. The summed E-state index contributed by atoms with van der Waals surface area (Å²) in [6, 6.07) is 0. The van der Waals surface area contributed by atoms with Crippen molar-refractivity contribution in [3.8, 4) is 0 Å². The van der Waals surface area contributed by atoms with Gasteiger partial charge in [0.15, 0.2) is 0 Å². The van der Waals surface area contributed by atoms with Crippen LogP contribution in [0.5, 0.6) is 0 Å². The molecule has 0 aromatic carbocycles. The van der Waals surface area contributed by atoms with E-state index in [-0.39, 0.29) is 51.9 Å². The van der Waals surface area contributed by atoms with Crippen molar-refractivity contribution in [1.82, 2.24) is 0 Å². The summed E-state index contributed by atoms with van der Waals surface area (Å²) < 4.78 is 17.3. The molecule has 0 heterocycles. The van der Waals surface area contributed by atoms with E-state index in [1.54, 1.807) is 0 Å². The minimum atomic E-state index is -4.16. The fourth-order valence-corrected chi connectivity index (χ4v) is 10.0. The predicted octanol–water partition coefficient (Wildman–Crippen LogP) is 7.42. The van der Waals surface area contributed by atoms with E-state index < -0.39 is 22.7 Å². The third kappa shape index (κ3) is 9.17. The Morgan fingerprint density at radius 3 is 1.05 bits per heavy atom. The maximum absolute atomic E-state index is 13.0. The Balaban J connectivity index is 1.63. The van der Waals surface area contributed by atoms with Gasteiger partial charge in [0.2, 0.25) is 0 Å². The van der Waals surface area contributed by atoms with E-state index in [0.29, 0.717) is 19.3 Å². The molecule has 0 spiro atoms. The van der Waals surface area contributed by atoms with Crippen molar-refractivity contribution in [1.29, 1.82) is 0 Å². The Bertz CT molecular complexity index is 699. The third-order valence-corrected chi connectivity index (χ3v) is 14.0. The van der Waals surface area contributed by atoms with Crippen molar-refractivity contribution in [2.75, 3.05) is 0 Å². The van der Waals surface area contributed by atoms with Gasteiger partial charge >= 0.3 is 235 Å². The monoisotopic (exact) mass is 622 g/mol. The molecule has 0 bridgehead atoms. The van der Waals surface area contributed by atoms with Gasteiger partial charge in [0.25, 0.3) is 0 Å². The summed E-state index contributed by atoms with van der Waals surface area (Å²) in [7, 11) is 0. The fourth-order valence-electron chi connectivity index (χ4n) is 6.98. The first-order valence-electron chi connectivity index (χ1n) is 14.9. The second kappa shape index (κ2) is 13.1. The molecule has 0 N–H and O–H groups in total. The SMILES string of the molecule is CC1(C)CCCCC1CC(=O)[O][In]([O]C(=O)CC1CCCCC1(C)C)[O]C(=O)CC1CCCCC1(C)C. The van der Waals surface area contributed by atoms with Crippen LogP contribution in [0.25, 0.3) is 0 Å². The van der Waals surface area contributed by atoms with Crippen LogP contribution in [-0.4, -0.2) is 40.7 Å². The Hall–Kier alpha value is -0.720. The van der Waals surface area contributed by atoms with E-state index in [4.69, 9.17) is 8.56 Å². The van der Waals surface area contributed by atoms with E-state index in [1.807, 2.05) is 0 Å². The summed E-state index contributed by atoms with van der Waals surface area (Å²) in [6.45, 7) is 13.3. The van der Waals surface area contributed by atoms with Crippen LogP contribution in [0, 0.1) is 34.0 Å². The van der Waals surface area contributed by atoms with Crippen molar-refractivity contribution < 1.29 is 22.9 Å². The van der Waals surface area contributed by atoms with E-state index in [1.165, 1.54) is 19.3 Å². The fraction of sp³-hybridized carbons (Fsp3) is 0.900. The van der Waals surface area contributed by atoms with Crippen LogP contribution in [0.15, 0.2) is 0 Å². The van der Waals surface area contributed by atoms with E-state index in [0.717, 1.165) is 57.8 Å². The standard InChI is InChI=1S/3C10H18O2.In/c3*1-10(2)6-4-3-5-8(10)7-9(11)12;/h3*8H,3-7H2,1-2H3,(H,11,12);/q;;;+3/p-3. The average Bonchev–Trinajstić information content (AvgIpc) is 2.78. The second-order valence-corrected chi connectivity index (χ2v) is 17.8. The summed E-state index contributed by atoms with van der Waals surface area (Å²) in [5, 5.41) is 0. The van der Waals surface area contributed by atoms with Crippen molar-refractivity contribution in [3.63, 3.8) is 0 Å². The van der Waals surface area contributed by atoms with Gasteiger partial charge in [-0.15, -0.1) is 0 Å². The van der Waals surface area contributed by atoms with Crippen molar-refractivity contribution in [3.05, 3.63) is 0 Å². The van der Waals surface area contributed by atoms with Crippen LogP contribution in [0.2, 0.25) is 0 Å². The molecule has 3 atom stereocenters. The molecule has 210 valence electrons. The van der Waals surface area contributed by atoms with Gasteiger partial charge in [0.05, 0.1) is 0 Å². The molecule has 3 aliphatic carbocycles. The van der Waals surface area contributed by atoms with Crippen LogP contribution in [0.4, 0.5) is 0 Å². The molecule has 7 heteroatoms. The average molecular weight is 623 g/mol. The molecular weight excluding hydrogens is 571 g/mol. The Morgan fingerprint density at radius 2 is 0.811 bits per heavy atom. The molecule has 3 saturated carbocycles. The van der Waals surface area contributed by atoms with Gasteiger partial charge < -0.3 is 0 Å². The van der Waals surface area contributed by atoms with Crippen molar-refractivity contribution in [2.24, 2.45) is 34.0 Å². The summed E-state index contributed by atoms with van der Waals surface area (Å²) >= 11 is -4.16. The molecule has 0 aliphatic heterocycles. The van der Waals surface area contributed by atoms with E-state index >= 15 is 0 Å². The normalized spacial score (nSPS) is 28.5.